The molecule has 0 amide bonds. The van der Waals surface area contributed by atoms with Crippen molar-refractivity contribution in [2.45, 2.75) is 17.9 Å². The van der Waals surface area contributed by atoms with Gasteiger partial charge < -0.3 is 14.9 Å². The molecule has 0 heterocycles. The fraction of sp³-hybridized carbons (Fsp3) is 0.400. The van der Waals surface area contributed by atoms with Gasteiger partial charge in [-0.25, -0.2) is 0 Å². The minimum Gasteiger partial charge on any atom is -0.508 e. The van der Waals surface area contributed by atoms with E-state index < -0.39 is 10.1 Å². The number of phenolic OH excluding ortho intramolecular Hbond substituents is 1. The predicted octanol–water partition coefficient (Wildman–Crippen LogP) is 0.653. The number of aliphatic hydroxyl groups excluding tert-OH is 1. The summed E-state index contributed by atoms with van der Waals surface area (Å²) in [5.41, 5.74) is 0. The van der Waals surface area contributed by atoms with Crippen molar-refractivity contribution in [2.24, 2.45) is 0 Å². The summed E-state index contributed by atoms with van der Waals surface area (Å²) >= 11 is 0. The summed E-state index contributed by atoms with van der Waals surface area (Å²) in [5, 5.41) is 17.2. The first-order valence-corrected chi connectivity index (χ1v) is 6.15. The van der Waals surface area contributed by atoms with Crippen LogP contribution < -0.4 is 0 Å². The first-order chi connectivity index (χ1) is 7.77. The van der Waals surface area contributed by atoms with E-state index in [1.165, 1.54) is 12.1 Å². The molecule has 6 nitrogen and oxygen atoms in total. The molecule has 0 aliphatic heterocycles. The standard InChI is InChI=1S/C6H6O4S.C4H10O2/c7-5-1-3-6(4-2-5)11(8,9)10;1-4(5)3-6-2/h1-4,7H,(H,8,9,10);4-5H,3H2,1-2H3. The Morgan fingerprint density at radius 3 is 2.00 bits per heavy atom. The summed E-state index contributed by atoms with van der Waals surface area (Å²) in [7, 11) is -2.57. The second kappa shape index (κ2) is 7.23. The van der Waals surface area contributed by atoms with Gasteiger partial charge in [0.25, 0.3) is 10.1 Å². The molecule has 0 aromatic heterocycles. The molecule has 0 aliphatic carbocycles. The maximum Gasteiger partial charge on any atom is 0.294 e. The molecule has 0 radical (unpaired) electrons. The maximum absolute atomic E-state index is 10.4. The number of phenols is 1. The van der Waals surface area contributed by atoms with E-state index in [-0.39, 0.29) is 16.7 Å². The van der Waals surface area contributed by atoms with Gasteiger partial charge in [0.05, 0.1) is 17.6 Å². The molecule has 7 heteroatoms. The Hall–Kier alpha value is -1.15. The molecule has 98 valence electrons. The van der Waals surface area contributed by atoms with Crippen LogP contribution in [0.4, 0.5) is 0 Å². The van der Waals surface area contributed by atoms with E-state index in [0.29, 0.717) is 6.61 Å². The zero-order valence-electron chi connectivity index (χ0n) is 9.57. The van der Waals surface area contributed by atoms with Crippen molar-refractivity contribution < 1.29 is 27.9 Å². The van der Waals surface area contributed by atoms with Crippen LogP contribution in [0.3, 0.4) is 0 Å². The number of benzene rings is 1. The van der Waals surface area contributed by atoms with Gasteiger partial charge in [0, 0.05) is 7.11 Å². The van der Waals surface area contributed by atoms with Crippen molar-refractivity contribution in [1.29, 1.82) is 0 Å². The SMILES string of the molecule is COCC(C)O.O=S(=O)(O)c1ccc(O)cc1. The van der Waals surface area contributed by atoms with E-state index >= 15 is 0 Å². The second-order valence-corrected chi connectivity index (χ2v) is 4.69. The molecule has 0 saturated carbocycles. The molecule has 1 atom stereocenters. The third-order valence-corrected chi connectivity index (χ3v) is 2.41. The normalized spacial score (nSPS) is 12.5. The summed E-state index contributed by atoms with van der Waals surface area (Å²) < 4.78 is 33.9. The number of aliphatic hydroxyl groups is 1. The maximum atomic E-state index is 10.4. The molecule has 0 fully saturated rings. The fourth-order valence-corrected chi connectivity index (χ4v) is 1.34. The molecular weight excluding hydrogens is 248 g/mol. The molecule has 1 unspecified atom stereocenters. The number of hydrogen-bond acceptors (Lipinski definition) is 5. The molecule has 0 bridgehead atoms. The van der Waals surface area contributed by atoms with Gasteiger partial charge in [-0.1, -0.05) is 0 Å². The first kappa shape index (κ1) is 15.9. The molecule has 17 heavy (non-hydrogen) atoms. The molecule has 1 rings (SSSR count). The Bertz CT molecular complexity index is 409. The third kappa shape index (κ3) is 7.70. The topological polar surface area (TPSA) is 104 Å². The van der Waals surface area contributed by atoms with Crippen molar-refractivity contribution in [3.8, 4) is 5.75 Å². The average Bonchev–Trinajstić information content (AvgIpc) is 2.17. The lowest BCUT2D eigenvalue weighted by atomic mass is 10.3. The summed E-state index contributed by atoms with van der Waals surface area (Å²) in [6.45, 7) is 2.11. The van der Waals surface area contributed by atoms with Crippen molar-refractivity contribution >= 4 is 10.1 Å². The number of ether oxygens (including phenoxy) is 1. The zero-order chi connectivity index (χ0) is 13.5. The van der Waals surface area contributed by atoms with Crippen LogP contribution in [-0.2, 0) is 14.9 Å². The number of aromatic hydroxyl groups is 1. The molecule has 0 saturated heterocycles. The van der Waals surface area contributed by atoms with Crippen LogP contribution in [0.25, 0.3) is 0 Å². The van der Waals surface area contributed by atoms with Crippen LogP contribution in [0.15, 0.2) is 29.2 Å². The minimum absolute atomic E-state index is 0.0441. The number of methoxy groups -OCH3 is 1. The third-order valence-electron chi connectivity index (χ3n) is 1.54. The smallest absolute Gasteiger partial charge is 0.294 e. The van der Waals surface area contributed by atoms with Crippen molar-refractivity contribution in [3.05, 3.63) is 24.3 Å². The predicted molar refractivity (Wildman–Crippen MR) is 61.5 cm³/mol. The molecule has 1 aromatic rings. The van der Waals surface area contributed by atoms with Crippen LogP contribution >= 0.6 is 0 Å². The molecule has 0 aliphatic rings. The van der Waals surface area contributed by atoms with Crippen LogP contribution in [0.2, 0.25) is 0 Å². The van der Waals surface area contributed by atoms with Crippen LogP contribution in [-0.4, -0.2) is 43.0 Å². The van der Waals surface area contributed by atoms with Crippen LogP contribution in [0.5, 0.6) is 5.75 Å². The van der Waals surface area contributed by atoms with E-state index in [2.05, 4.69) is 4.74 Å². The van der Waals surface area contributed by atoms with Gasteiger partial charge in [-0.15, -0.1) is 0 Å². The zero-order valence-corrected chi connectivity index (χ0v) is 10.4. The van der Waals surface area contributed by atoms with Crippen LogP contribution in [0, 0.1) is 0 Å². The summed E-state index contributed by atoms with van der Waals surface area (Å²) in [6, 6.07) is 4.60. The Morgan fingerprint density at radius 1 is 1.29 bits per heavy atom. The fourth-order valence-electron chi connectivity index (χ4n) is 0.859. The summed E-state index contributed by atoms with van der Waals surface area (Å²) in [4.78, 5) is -0.227. The number of hydrogen-bond donors (Lipinski definition) is 3. The Morgan fingerprint density at radius 2 is 1.76 bits per heavy atom. The van der Waals surface area contributed by atoms with Gasteiger partial charge in [-0.3, -0.25) is 4.55 Å². The van der Waals surface area contributed by atoms with E-state index in [1.54, 1.807) is 14.0 Å². The highest BCUT2D eigenvalue weighted by Crippen LogP contribution is 2.13. The highest BCUT2D eigenvalue weighted by atomic mass is 32.2. The minimum atomic E-state index is -4.13. The molecule has 0 spiro atoms. The monoisotopic (exact) mass is 264 g/mol. The van der Waals surface area contributed by atoms with E-state index in [9.17, 15) is 8.42 Å². The van der Waals surface area contributed by atoms with Gasteiger partial charge in [0.2, 0.25) is 0 Å². The lowest BCUT2D eigenvalue weighted by Crippen LogP contribution is -2.07. The van der Waals surface area contributed by atoms with E-state index in [4.69, 9.17) is 14.8 Å². The second-order valence-electron chi connectivity index (χ2n) is 3.27. The van der Waals surface area contributed by atoms with Gasteiger partial charge in [0.15, 0.2) is 0 Å². The van der Waals surface area contributed by atoms with Gasteiger partial charge in [-0.05, 0) is 31.2 Å². The summed E-state index contributed by atoms with van der Waals surface area (Å²) in [6.07, 6.45) is -0.324. The van der Waals surface area contributed by atoms with Crippen molar-refractivity contribution in [3.63, 3.8) is 0 Å². The Labute approximate surface area is 100 Å². The lowest BCUT2D eigenvalue weighted by molar-refractivity contribution is 0.0765. The highest BCUT2D eigenvalue weighted by molar-refractivity contribution is 7.85. The average molecular weight is 264 g/mol. The van der Waals surface area contributed by atoms with E-state index in [0.717, 1.165) is 12.1 Å². The Kier molecular flexibility index (Phi) is 6.74. The van der Waals surface area contributed by atoms with Gasteiger partial charge in [-0.2, -0.15) is 8.42 Å². The molecule has 3 N–H and O–H groups in total. The molecular formula is C10H16O6S. The Balaban J connectivity index is 0.000000366. The first-order valence-electron chi connectivity index (χ1n) is 4.71. The number of rotatable bonds is 3. The largest absolute Gasteiger partial charge is 0.508 e. The van der Waals surface area contributed by atoms with Gasteiger partial charge in [0.1, 0.15) is 5.75 Å². The summed E-state index contributed by atoms with van der Waals surface area (Å²) in [5.74, 6) is -0.0441. The van der Waals surface area contributed by atoms with Crippen molar-refractivity contribution in [1.82, 2.24) is 0 Å². The quantitative estimate of drug-likeness (QED) is 0.692. The van der Waals surface area contributed by atoms with Crippen LogP contribution in [0.1, 0.15) is 6.92 Å². The van der Waals surface area contributed by atoms with Crippen molar-refractivity contribution in [2.75, 3.05) is 13.7 Å². The lowest BCUT2D eigenvalue weighted by Gasteiger charge is -1.97. The molecule has 1 aromatic carbocycles. The highest BCUT2D eigenvalue weighted by Gasteiger charge is 2.07. The van der Waals surface area contributed by atoms with Gasteiger partial charge >= 0.3 is 0 Å². The van der Waals surface area contributed by atoms with E-state index in [1.807, 2.05) is 0 Å².